The second-order valence-electron chi connectivity index (χ2n) is 6.54. The van der Waals surface area contributed by atoms with E-state index in [4.69, 9.17) is 4.74 Å². The monoisotopic (exact) mass is 384 g/mol. The molecule has 9 heteroatoms. The zero-order chi connectivity index (χ0) is 19.2. The van der Waals surface area contributed by atoms with Gasteiger partial charge in [-0.1, -0.05) is 12.1 Å². The van der Waals surface area contributed by atoms with E-state index in [2.05, 4.69) is 10.6 Å². The van der Waals surface area contributed by atoms with Gasteiger partial charge in [-0.3, -0.25) is 0 Å². The van der Waals surface area contributed by atoms with Crippen molar-refractivity contribution in [2.24, 2.45) is 5.92 Å². The van der Waals surface area contributed by atoms with Crippen LogP contribution in [0.25, 0.3) is 0 Å². The van der Waals surface area contributed by atoms with E-state index in [0.717, 1.165) is 24.2 Å². The lowest BCUT2D eigenvalue weighted by Crippen LogP contribution is -2.46. The Bertz CT molecular complexity index is 683. The summed E-state index contributed by atoms with van der Waals surface area (Å²) >= 11 is 0. The van der Waals surface area contributed by atoms with Crippen LogP contribution in [0.3, 0.4) is 0 Å². The van der Waals surface area contributed by atoms with Gasteiger partial charge in [0.2, 0.25) is 0 Å². The Morgan fingerprint density at radius 2 is 1.81 bits per heavy atom. The number of amides is 2. The average Bonchev–Trinajstić information content (AvgIpc) is 2.65. The molecule has 1 fully saturated rings. The Balaban J connectivity index is 1.68. The van der Waals surface area contributed by atoms with E-state index in [1.807, 2.05) is 24.3 Å². The molecule has 0 saturated carbocycles. The van der Waals surface area contributed by atoms with Gasteiger partial charge in [-0.25, -0.2) is 4.79 Å². The summed E-state index contributed by atoms with van der Waals surface area (Å²) in [4.78, 5) is 11.9. The van der Waals surface area contributed by atoms with Crippen LogP contribution in [0, 0.1) is 5.92 Å². The topological polar surface area (TPSA) is 91.0 Å². The molecule has 0 spiro atoms. The molecule has 0 radical (unpaired) electrons. The van der Waals surface area contributed by atoms with Gasteiger partial charge in [-0.05, 0) is 36.5 Å². The van der Waals surface area contributed by atoms with E-state index < -0.39 is 10.2 Å². The van der Waals surface area contributed by atoms with Crippen LogP contribution in [0.4, 0.5) is 4.79 Å². The van der Waals surface area contributed by atoms with Gasteiger partial charge in [-0.2, -0.15) is 17.0 Å². The number of methoxy groups -OCH3 is 1. The number of piperidine rings is 1. The van der Waals surface area contributed by atoms with Crippen LogP contribution >= 0.6 is 0 Å². The highest BCUT2D eigenvalue weighted by Crippen LogP contribution is 2.19. The Hall–Kier alpha value is -1.84. The number of carbonyl (C=O) groups excluding carboxylic acids is 1. The van der Waals surface area contributed by atoms with Gasteiger partial charge in [0.25, 0.3) is 10.2 Å². The van der Waals surface area contributed by atoms with Crippen molar-refractivity contribution in [1.29, 1.82) is 0 Å². The fourth-order valence-electron chi connectivity index (χ4n) is 2.80. The second-order valence-corrected chi connectivity index (χ2v) is 8.69. The number of ether oxygens (including phenoxy) is 1. The summed E-state index contributed by atoms with van der Waals surface area (Å²) in [5.41, 5.74) is 0.989. The van der Waals surface area contributed by atoms with Crippen LogP contribution < -0.4 is 15.4 Å². The predicted octanol–water partition coefficient (Wildman–Crippen LogP) is 1.01. The molecule has 2 N–H and O–H groups in total. The third-order valence-corrected chi connectivity index (χ3v) is 6.47. The van der Waals surface area contributed by atoms with Crippen molar-refractivity contribution in [3.05, 3.63) is 29.8 Å². The van der Waals surface area contributed by atoms with Crippen LogP contribution in [0.5, 0.6) is 5.75 Å². The molecule has 2 amide bonds. The van der Waals surface area contributed by atoms with Gasteiger partial charge in [0, 0.05) is 40.3 Å². The number of hydrogen-bond donors (Lipinski definition) is 2. The molecule has 146 valence electrons. The number of rotatable bonds is 7. The van der Waals surface area contributed by atoms with Crippen molar-refractivity contribution in [1.82, 2.24) is 19.2 Å². The average molecular weight is 385 g/mol. The van der Waals surface area contributed by atoms with Crippen molar-refractivity contribution >= 4 is 16.2 Å². The molecule has 0 bridgehead atoms. The number of urea groups is 1. The standard InChI is InChI=1S/C17H28N4O4S/c1-20(2)26(23,24)21-10-8-15(9-11-21)13-19-17(22)18-12-14-4-6-16(25-3)7-5-14/h4-7,15H,8-13H2,1-3H3,(H2,18,19,22). The maximum Gasteiger partial charge on any atom is 0.315 e. The minimum absolute atomic E-state index is 0.218. The Kier molecular flexibility index (Phi) is 7.24. The number of nitrogens with one attached hydrogen (secondary N) is 2. The van der Waals surface area contributed by atoms with Crippen molar-refractivity contribution in [2.45, 2.75) is 19.4 Å². The third-order valence-electron chi connectivity index (χ3n) is 4.52. The van der Waals surface area contributed by atoms with E-state index >= 15 is 0 Å². The smallest absolute Gasteiger partial charge is 0.315 e. The minimum atomic E-state index is -3.34. The number of nitrogens with zero attached hydrogens (tertiary/aromatic N) is 2. The molecule has 0 aliphatic carbocycles. The quantitative estimate of drug-likeness (QED) is 0.734. The van der Waals surface area contributed by atoms with E-state index in [-0.39, 0.29) is 11.9 Å². The highest BCUT2D eigenvalue weighted by molar-refractivity contribution is 7.86. The summed E-state index contributed by atoms with van der Waals surface area (Å²) in [5.74, 6) is 1.07. The molecule has 0 aromatic heterocycles. The van der Waals surface area contributed by atoms with E-state index in [1.165, 1.54) is 22.7 Å². The first-order valence-corrected chi connectivity index (χ1v) is 10.0. The third kappa shape index (κ3) is 5.58. The number of hydrogen-bond acceptors (Lipinski definition) is 4. The van der Waals surface area contributed by atoms with E-state index in [1.54, 1.807) is 7.11 Å². The second kappa shape index (κ2) is 9.20. The van der Waals surface area contributed by atoms with Crippen molar-refractivity contribution in [2.75, 3.05) is 40.8 Å². The molecule has 1 aliphatic rings. The molecule has 1 heterocycles. The van der Waals surface area contributed by atoms with Crippen LogP contribution in [0.15, 0.2) is 24.3 Å². The van der Waals surface area contributed by atoms with Crippen LogP contribution in [0.2, 0.25) is 0 Å². The molecular weight excluding hydrogens is 356 g/mol. The van der Waals surface area contributed by atoms with Gasteiger partial charge in [0.1, 0.15) is 5.75 Å². The fourth-order valence-corrected chi connectivity index (χ4v) is 3.93. The summed E-state index contributed by atoms with van der Waals surface area (Å²) in [7, 11) is 1.35. The molecule has 26 heavy (non-hydrogen) atoms. The first-order valence-electron chi connectivity index (χ1n) is 8.65. The molecule has 0 atom stereocenters. The van der Waals surface area contributed by atoms with Gasteiger partial charge >= 0.3 is 6.03 Å². The lowest BCUT2D eigenvalue weighted by atomic mass is 9.98. The Morgan fingerprint density at radius 3 is 2.35 bits per heavy atom. The maximum absolute atomic E-state index is 12.1. The fraction of sp³-hybridized carbons (Fsp3) is 0.588. The summed E-state index contributed by atoms with van der Waals surface area (Å²) in [6.45, 7) is 1.96. The summed E-state index contributed by atoms with van der Waals surface area (Å²) in [6, 6.07) is 7.29. The highest BCUT2D eigenvalue weighted by atomic mass is 32.2. The van der Waals surface area contributed by atoms with Crippen LogP contribution in [0.1, 0.15) is 18.4 Å². The SMILES string of the molecule is COc1ccc(CNC(=O)NCC2CCN(S(=O)(=O)N(C)C)CC2)cc1. The molecule has 0 unspecified atom stereocenters. The Morgan fingerprint density at radius 1 is 1.19 bits per heavy atom. The molecule has 1 aromatic carbocycles. The van der Waals surface area contributed by atoms with Crippen molar-refractivity contribution in [3.8, 4) is 5.75 Å². The first kappa shape index (κ1) is 20.5. The lowest BCUT2D eigenvalue weighted by Gasteiger charge is -2.32. The van der Waals surface area contributed by atoms with Crippen molar-refractivity contribution < 1.29 is 17.9 Å². The van der Waals surface area contributed by atoms with Gasteiger partial charge in [-0.15, -0.1) is 0 Å². The summed E-state index contributed by atoms with van der Waals surface area (Å²) in [5, 5.41) is 5.69. The molecule has 1 saturated heterocycles. The Labute approximate surface area is 155 Å². The van der Waals surface area contributed by atoms with Crippen LogP contribution in [-0.4, -0.2) is 63.9 Å². The van der Waals surface area contributed by atoms with E-state index in [9.17, 15) is 13.2 Å². The van der Waals surface area contributed by atoms with Crippen molar-refractivity contribution in [3.63, 3.8) is 0 Å². The predicted molar refractivity (Wildman–Crippen MR) is 100 cm³/mol. The molecule has 1 aromatic rings. The number of benzene rings is 1. The number of carbonyl (C=O) groups is 1. The van der Waals surface area contributed by atoms with E-state index in [0.29, 0.717) is 26.2 Å². The largest absolute Gasteiger partial charge is 0.497 e. The summed E-state index contributed by atoms with van der Waals surface area (Å²) < 4.78 is 32.0. The molecular formula is C17H28N4O4S. The minimum Gasteiger partial charge on any atom is -0.497 e. The maximum atomic E-state index is 12.1. The lowest BCUT2D eigenvalue weighted by molar-refractivity contribution is 0.229. The molecule has 1 aliphatic heterocycles. The highest BCUT2D eigenvalue weighted by Gasteiger charge is 2.29. The van der Waals surface area contributed by atoms with Gasteiger partial charge in [0.05, 0.1) is 7.11 Å². The van der Waals surface area contributed by atoms with Crippen LogP contribution in [-0.2, 0) is 16.8 Å². The molecule has 8 nitrogen and oxygen atoms in total. The zero-order valence-corrected chi connectivity index (χ0v) is 16.4. The zero-order valence-electron chi connectivity index (χ0n) is 15.6. The summed E-state index contributed by atoms with van der Waals surface area (Å²) in [6.07, 6.45) is 1.48. The van der Waals surface area contributed by atoms with Gasteiger partial charge < -0.3 is 15.4 Å². The first-order chi connectivity index (χ1) is 12.3. The molecule has 2 rings (SSSR count). The van der Waals surface area contributed by atoms with Gasteiger partial charge in [0.15, 0.2) is 0 Å². The normalized spacial score (nSPS) is 16.5.